The van der Waals surface area contributed by atoms with Crippen LogP contribution in [0.5, 0.6) is 5.75 Å². The Balaban J connectivity index is 1.47. The molecular formula is C18H22N2O3. The highest BCUT2D eigenvalue weighted by Gasteiger charge is 2.52. The predicted octanol–water partition coefficient (Wildman–Crippen LogP) is 2.83. The first-order chi connectivity index (χ1) is 11.1. The number of hydrogen-bond acceptors (Lipinski definition) is 4. The molecule has 1 spiro atoms. The average Bonchev–Trinajstić information content (AvgIpc) is 2.98. The molecule has 0 aliphatic heterocycles. The van der Waals surface area contributed by atoms with Crippen molar-refractivity contribution in [2.75, 3.05) is 7.11 Å². The molecule has 3 N–H and O–H groups in total. The van der Waals surface area contributed by atoms with Gasteiger partial charge in [-0.2, -0.15) is 0 Å². The smallest absolute Gasteiger partial charge is 0.255 e. The van der Waals surface area contributed by atoms with Crippen molar-refractivity contribution in [1.29, 1.82) is 0 Å². The third-order valence-corrected chi connectivity index (χ3v) is 5.60. The fourth-order valence-electron chi connectivity index (χ4n) is 3.92. The number of furan rings is 1. The Morgan fingerprint density at radius 3 is 2.78 bits per heavy atom. The summed E-state index contributed by atoms with van der Waals surface area (Å²) >= 11 is 0. The number of ether oxygens (including phenoxy) is 1. The fourth-order valence-corrected chi connectivity index (χ4v) is 3.92. The van der Waals surface area contributed by atoms with Crippen molar-refractivity contribution in [3.05, 3.63) is 30.0 Å². The number of methoxy groups -OCH3 is 1. The van der Waals surface area contributed by atoms with Gasteiger partial charge in [0.15, 0.2) is 11.3 Å². The van der Waals surface area contributed by atoms with E-state index in [1.807, 2.05) is 18.2 Å². The van der Waals surface area contributed by atoms with Gasteiger partial charge in [0.2, 0.25) is 0 Å². The SMILES string of the molecule is COc1cccc2c(C(=O)NC3CCC4(CC3)CC4N)coc12. The molecule has 0 radical (unpaired) electrons. The standard InChI is InChI=1S/C18H22N2O3/c1-22-14-4-2-3-12-13(10-23-16(12)14)17(21)20-11-5-7-18(8-6-11)9-15(18)19/h2-4,10-11,15H,5-9,19H2,1H3,(H,20,21). The van der Waals surface area contributed by atoms with E-state index >= 15 is 0 Å². The minimum Gasteiger partial charge on any atom is -0.493 e. The van der Waals surface area contributed by atoms with Gasteiger partial charge in [-0.05, 0) is 43.6 Å². The van der Waals surface area contributed by atoms with Crippen LogP contribution >= 0.6 is 0 Å². The van der Waals surface area contributed by atoms with Crippen LogP contribution in [0.15, 0.2) is 28.9 Å². The van der Waals surface area contributed by atoms with Crippen molar-refractivity contribution in [1.82, 2.24) is 5.32 Å². The van der Waals surface area contributed by atoms with Crippen LogP contribution in [0.2, 0.25) is 0 Å². The van der Waals surface area contributed by atoms with Gasteiger partial charge in [0.1, 0.15) is 6.26 Å². The fraction of sp³-hybridized carbons (Fsp3) is 0.500. The number of fused-ring (bicyclic) bond motifs is 1. The van der Waals surface area contributed by atoms with Crippen LogP contribution in [0.1, 0.15) is 42.5 Å². The van der Waals surface area contributed by atoms with Crippen LogP contribution in [0, 0.1) is 5.41 Å². The quantitative estimate of drug-likeness (QED) is 0.913. The Kier molecular flexibility index (Phi) is 3.34. The van der Waals surface area contributed by atoms with Gasteiger partial charge in [-0.1, -0.05) is 12.1 Å². The van der Waals surface area contributed by atoms with Crippen LogP contribution in [0.3, 0.4) is 0 Å². The zero-order valence-corrected chi connectivity index (χ0v) is 13.3. The van der Waals surface area contributed by atoms with Crippen LogP contribution in [-0.2, 0) is 0 Å². The second-order valence-electron chi connectivity index (χ2n) is 6.91. The van der Waals surface area contributed by atoms with Gasteiger partial charge in [0, 0.05) is 17.5 Å². The molecule has 1 amide bonds. The van der Waals surface area contributed by atoms with Crippen LogP contribution in [0.25, 0.3) is 11.0 Å². The number of benzene rings is 1. The number of nitrogens with one attached hydrogen (secondary N) is 1. The zero-order chi connectivity index (χ0) is 16.0. The van der Waals surface area contributed by atoms with Crippen LogP contribution in [0.4, 0.5) is 0 Å². The van der Waals surface area contributed by atoms with Crippen molar-refractivity contribution in [2.45, 2.75) is 44.2 Å². The second-order valence-corrected chi connectivity index (χ2v) is 6.91. The molecule has 23 heavy (non-hydrogen) atoms. The molecule has 1 heterocycles. The maximum atomic E-state index is 12.6. The zero-order valence-electron chi connectivity index (χ0n) is 13.3. The largest absolute Gasteiger partial charge is 0.493 e. The normalized spacial score (nSPS) is 29.7. The molecule has 2 aromatic rings. The van der Waals surface area contributed by atoms with Crippen molar-refractivity contribution in [3.8, 4) is 5.75 Å². The molecule has 4 rings (SSSR count). The van der Waals surface area contributed by atoms with Crippen molar-refractivity contribution in [3.63, 3.8) is 0 Å². The van der Waals surface area contributed by atoms with E-state index in [-0.39, 0.29) is 11.9 Å². The molecule has 2 aliphatic rings. The highest BCUT2D eigenvalue weighted by molar-refractivity contribution is 6.07. The maximum Gasteiger partial charge on any atom is 0.255 e. The summed E-state index contributed by atoms with van der Waals surface area (Å²) in [7, 11) is 1.59. The first kappa shape index (κ1) is 14.6. The molecule has 1 unspecified atom stereocenters. The number of rotatable bonds is 3. The van der Waals surface area contributed by atoms with Gasteiger partial charge >= 0.3 is 0 Å². The third-order valence-electron chi connectivity index (χ3n) is 5.60. The maximum absolute atomic E-state index is 12.6. The Morgan fingerprint density at radius 1 is 1.39 bits per heavy atom. The first-order valence-corrected chi connectivity index (χ1v) is 8.24. The monoisotopic (exact) mass is 314 g/mol. The summed E-state index contributed by atoms with van der Waals surface area (Å²) in [6, 6.07) is 6.19. The van der Waals surface area contributed by atoms with Crippen LogP contribution in [-0.4, -0.2) is 25.1 Å². The molecule has 0 saturated heterocycles. The number of nitrogens with two attached hydrogens (primary N) is 1. The summed E-state index contributed by atoms with van der Waals surface area (Å²) in [5.41, 5.74) is 7.61. The van der Waals surface area contributed by atoms with Crippen molar-refractivity contribution >= 4 is 16.9 Å². The Labute approximate surface area is 135 Å². The number of carbonyl (C=O) groups excluding carboxylic acids is 1. The molecule has 1 aromatic carbocycles. The highest BCUT2D eigenvalue weighted by Crippen LogP contribution is 2.55. The summed E-state index contributed by atoms with van der Waals surface area (Å²) in [4.78, 5) is 12.6. The molecular weight excluding hydrogens is 292 g/mol. The van der Waals surface area contributed by atoms with Gasteiger partial charge in [0.25, 0.3) is 5.91 Å². The summed E-state index contributed by atoms with van der Waals surface area (Å²) in [5.74, 6) is 0.571. The van der Waals surface area contributed by atoms with Gasteiger partial charge in [-0.25, -0.2) is 0 Å². The second kappa shape index (κ2) is 5.27. The van der Waals surface area contributed by atoms with Crippen molar-refractivity contribution < 1.29 is 13.9 Å². The molecule has 2 saturated carbocycles. The van der Waals surface area contributed by atoms with E-state index in [0.29, 0.717) is 28.4 Å². The van der Waals surface area contributed by atoms with E-state index in [4.69, 9.17) is 14.9 Å². The molecule has 5 nitrogen and oxygen atoms in total. The van der Waals surface area contributed by atoms with E-state index in [9.17, 15) is 4.79 Å². The topological polar surface area (TPSA) is 77.5 Å². The number of para-hydroxylation sites is 1. The van der Waals surface area contributed by atoms with Gasteiger partial charge in [-0.15, -0.1) is 0 Å². The average molecular weight is 314 g/mol. The lowest BCUT2D eigenvalue weighted by Gasteiger charge is -2.29. The van der Waals surface area contributed by atoms with E-state index in [1.54, 1.807) is 7.11 Å². The van der Waals surface area contributed by atoms with E-state index in [2.05, 4.69) is 5.32 Å². The molecule has 1 aromatic heterocycles. The van der Waals surface area contributed by atoms with E-state index in [1.165, 1.54) is 6.26 Å². The Hall–Kier alpha value is -2.01. The van der Waals surface area contributed by atoms with Crippen LogP contribution < -0.4 is 15.8 Å². The Morgan fingerprint density at radius 2 is 2.13 bits per heavy atom. The third kappa shape index (κ3) is 2.39. The molecule has 2 fully saturated rings. The summed E-state index contributed by atoms with van der Waals surface area (Å²) in [6.07, 6.45) is 6.94. The van der Waals surface area contributed by atoms with Gasteiger partial charge < -0.3 is 20.2 Å². The lowest BCUT2D eigenvalue weighted by molar-refractivity contribution is 0.0920. The predicted molar refractivity (Wildman–Crippen MR) is 87.5 cm³/mol. The van der Waals surface area contributed by atoms with Crippen molar-refractivity contribution in [2.24, 2.45) is 11.1 Å². The lowest BCUT2D eigenvalue weighted by atomic mass is 9.83. The number of amides is 1. The number of carbonyl (C=O) groups is 1. The molecule has 122 valence electrons. The first-order valence-electron chi connectivity index (χ1n) is 8.24. The number of hydrogen-bond donors (Lipinski definition) is 2. The molecule has 2 aliphatic carbocycles. The van der Waals surface area contributed by atoms with E-state index < -0.39 is 0 Å². The van der Waals surface area contributed by atoms with E-state index in [0.717, 1.165) is 37.5 Å². The van der Waals surface area contributed by atoms with Gasteiger partial charge in [-0.3, -0.25) is 4.79 Å². The summed E-state index contributed by atoms with van der Waals surface area (Å²) < 4.78 is 10.8. The lowest BCUT2D eigenvalue weighted by Crippen LogP contribution is -2.38. The summed E-state index contributed by atoms with van der Waals surface area (Å²) in [6.45, 7) is 0. The highest BCUT2D eigenvalue weighted by atomic mass is 16.5. The molecule has 5 heteroatoms. The molecule has 0 bridgehead atoms. The minimum absolute atomic E-state index is 0.0713. The minimum atomic E-state index is -0.0713. The molecule has 1 atom stereocenters. The van der Waals surface area contributed by atoms with Gasteiger partial charge in [0.05, 0.1) is 12.7 Å². The Bertz CT molecular complexity index is 744. The summed E-state index contributed by atoms with van der Waals surface area (Å²) in [5, 5.41) is 3.94.